The van der Waals surface area contributed by atoms with Gasteiger partial charge in [0.1, 0.15) is 10.7 Å². The zero-order valence-corrected chi connectivity index (χ0v) is 16.0. The summed E-state index contributed by atoms with van der Waals surface area (Å²) < 4.78 is 43.0. The Morgan fingerprint density at radius 2 is 1.81 bits per heavy atom. The predicted molar refractivity (Wildman–Crippen MR) is 99.0 cm³/mol. The largest absolute Gasteiger partial charge is 0.303 e. The fourth-order valence-corrected chi connectivity index (χ4v) is 4.87. The lowest BCUT2D eigenvalue weighted by atomic mass is 10.2. The quantitative estimate of drug-likeness (QED) is 0.645. The molecule has 0 fully saturated rings. The summed E-state index contributed by atoms with van der Waals surface area (Å²) in [7, 11) is -4.01. The molecule has 0 aliphatic heterocycles. The van der Waals surface area contributed by atoms with Gasteiger partial charge in [-0.15, -0.1) is 0 Å². The molecule has 10 heteroatoms. The minimum Gasteiger partial charge on any atom is -0.303 e. The Balaban J connectivity index is 1.82. The van der Waals surface area contributed by atoms with Crippen molar-refractivity contribution in [1.29, 1.82) is 0 Å². The van der Waals surface area contributed by atoms with Gasteiger partial charge in [0.25, 0.3) is 0 Å². The predicted octanol–water partition coefficient (Wildman–Crippen LogP) is 4.45. The minimum absolute atomic E-state index is 0.100. The molecule has 2 aromatic carbocycles. The molecule has 0 saturated heterocycles. The molecule has 0 spiro atoms. The first kappa shape index (κ1) is 19.1. The summed E-state index contributed by atoms with van der Waals surface area (Å²) in [6.45, 7) is -0.140. The third kappa shape index (κ3) is 4.02. The molecule has 1 N–H and O–H groups in total. The summed E-state index contributed by atoms with van der Waals surface area (Å²) in [4.78, 5) is 3.58. The van der Waals surface area contributed by atoms with Gasteiger partial charge in [0.15, 0.2) is 0 Å². The highest BCUT2D eigenvalue weighted by molar-refractivity contribution is 7.89. The average Bonchev–Trinajstić information content (AvgIpc) is 3.06. The second kappa shape index (κ2) is 7.54. The highest BCUT2D eigenvalue weighted by Gasteiger charge is 2.22. The third-order valence-corrected chi connectivity index (χ3v) is 6.03. The molecular weight excluding hydrogens is 424 g/mol. The van der Waals surface area contributed by atoms with E-state index in [-0.39, 0.29) is 26.5 Å². The zero-order valence-electron chi connectivity index (χ0n) is 13.0. The minimum atomic E-state index is -4.01. The molecule has 136 valence electrons. The highest BCUT2D eigenvalue weighted by atomic mass is 35.5. The summed E-state index contributed by atoms with van der Waals surface area (Å²) in [5.74, 6) is -0.512. The van der Waals surface area contributed by atoms with E-state index in [1.54, 1.807) is 12.3 Å². The van der Waals surface area contributed by atoms with Gasteiger partial charge in [-0.05, 0) is 29.8 Å². The Kier molecular flexibility index (Phi) is 5.55. The first-order chi connectivity index (χ1) is 12.3. The Labute approximate surface area is 164 Å². The van der Waals surface area contributed by atoms with Gasteiger partial charge in [-0.25, -0.2) is 22.5 Å². The molecule has 1 heterocycles. The van der Waals surface area contributed by atoms with E-state index in [0.29, 0.717) is 11.3 Å². The number of aromatic nitrogens is 2. The van der Waals surface area contributed by atoms with Crippen molar-refractivity contribution in [1.82, 2.24) is 14.3 Å². The van der Waals surface area contributed by atoms with Crippen LogP contribution in [0.3, 0.4) is 0 Å². The van der Waals surface area contributed by atoms with Crippen LogP contribution >= 0.6 is 34.8 Å². The average molecular weight is 435 g/mol. The monoisotopic (exact) mass is 433 g/mol. The van der Waals surface area contributed by atoms with E-state index in [9.17, 15) is 12.8 Å². The van der Waals surface area contributed by atoms with Crippen molar-refractivity contribution in [2.24, 2.45) is 0 Å². The second-order valence-electron chi connectivity index (χ2n) is 5.28. The van der Waals surface area contributed by atoms with Gasteiger partial charge >= 0.3 is 0 Å². The molecule has 0 unspecified atom stereocenters. The van der Waals surface area contributed by atoms with Crippen LogP contribution in [0.4, 0.5) is 4.39 Å². The van der Waals surface area contributed by atoms with Gasteiger partial charge in [0, 0.05) is 24.0 Å². The molecule has 5 nitrogen and oxygen atoms in total. The first-order valence-corrected chi connectivity index (χ1v) is 9.80. The van der Waals surface area contributed by atoms with E-state index < -0.39 is 15.8 Å². The van der Waals surface area contributed by atoms with E-state index in [2.05, 4.69) is 9.71 Å². The molecule has 0 aliphatic carbocycles. The molecule has 0 bridgehead atoms. The highest BCUT2D eigenvalue weighted by Crippen LogP contribution is 2.32. The third-order valence-electron chi connectivity index (χ3n) is 3.49. The van der Waals surface area contributed by atoms with Crippen LogP contribution in [0.1, 0.15) is 5.56 Å². The smallest absolute Gasteiger partial charge is 0.243 e. The van der Waals surface area contributed by atoms with Gasteiger partial charge < -0.3 is 4.57 Å². The number of imidazole rings is 1. The van der Waals surface area contributed by atoms with Crippen LogP contribution in [0.2, 0.25) is 15.1 Å². The molecule has 0 amide bonds. The van der Waals surface area contributed by atoms with Crippen LogP contribution in [-0.2, 0) is 16.6 Å². The number of benzene rings is 2. The Bertz CT molecular complexity index is 1030. The maximum atomic E-state index is 14.2. The zero-order chi connectivity index (χ0) is 18.9. The van der Waals surface area contributed by atoms with Gasteiger partial charge in [-0.1, -0.05) is 40.9 Å². The van der Waals surface area contributed by atoms with Crippen molar-refractivity contribution in [3.63, 3.8) is 0 Å². The number of nitrogens with one attached hydrogen (secondary N) is 1. The molecule has 0 radical (unpaired) electrons. The van der Waals surface area contributed by atoms with Crippen molar-refractivity contribution >= 4 is 44.8 Å². The Morgan fingerprint density at radius 3 is 2.38 bits per heavy atom. The maximum Gasteiger partial charge on any atom is 0.243 e. The number of hydrogen-bond acceptors (Lipinski definition) is 3. The van der Waals surface area contributed by atoms with Gasteiger partial charge in [0.2, 0.25) is 10.0 Å². The van der Waals surface area contributed by atoms with Crippen LogP contribution in [0.25, 0.3) is 5.69 Å². The van der Waals surface area contributed by atoms with Gasteiger partial charge in [0.05, 0.1) is 22.1 Å². The van der Waals surface area contributed by atoms with Gasteiger partial charge in [-0.2, -0.15) is 0 Å². The van der Waals surface area contributed by atoms with Crippen LogP contribution < -0.4 is 4.72 Å². The van der Waals surface area contributed by atoms with Crippen molar-refractivity contribution < 1.29 is 12.8 Å². The molecule has 0 aliphatic rings. The summed E-state index contributed by atoms with van der Waals surface area (Å²) in [6, 6.07) is 6.93. The lowest BCUT2D eigenvalue weighted by Gasteiger charge is -2.11. The fourth-order valence-electron chi connectivity index (χ4n) is 2.31. The van der Waals surface area contributed by atoms with E-state index in [1.165, 1.54) is 41.4 Å². The van der Waals surface area contributed by atoms with Crippen LogP contribution in [0.5, 0.6) is 0 Å². The Morgan fingerprint density at radius 1 is 1.12 bits per heavy atom. The molecule has 3 rings (SSSR count). The number of rotatable bonds is 5. The van der Waals surface area contributed by atoms with E-state index in [4.69, 9.17) is 34.8 Å². The summed E-state index contributed by atoms with van der Waals surface area (Å²) in [6.07, 6.45) is 4.59. The summed E-state index contributed by atoms with van der Waals surface area (Å²) >= 11 is 17.7. The number of nitrogens with zero attached hydrogens (tertiary/aromatic N) is 2. The lowest BCUT2D eigenvalue weighted by molar-refractivity contribution is 0.580. The molecule has 1 aromatic heterocycles. The van der Waals surface area contributed by atoms with E-state index in [1.807, 2.05) is 0 Å². The summed E-state index contributed by atoms with van der Waals surface area (Å²) in [5, 5.41) is 0.0179. The van der Waals surface area contributed by atoms with E-state index >= 15 is 0 Å². The Hall–Kier alpha value is -1.64. The van der Waals surface area contributed by atoms with Crippen LogP contribution in [-0.4, -0.2) is 18.0 Å². The first-order valence-electron chi connectivity index (χ1n) is 7.19. The summed E-state index contributed by atoms with van der Waals surface area (Å²) in [5.41, 5.74) is 0.731. The van der Waals surface area contributed by atoms with Crippen molar-refractivity contribution in [3.05, 3.63) is 75.5 Å². The van der Waals surface area contributed by atoms with Crippen molar-refractivity contribution in [2.75, 3.05) is 0 Å². The standard InChI is InChI=1S/C16H11Cl3FN3O2S/c17-11-6-12(18)16(13(19)7-11)26(24,25)22-8-10-1-2-15(14(20)5-10)23-4-3-21-9-23/h1-7,9,22H,8H2. The molecule has 26 heavy (non-hydrogen) atoms. The van der Waals surface area contributed by atoms with Crippen molar-refractivity contribution in [2.45, 2.75) is 11.4 Å². The number of halogens is 4. The SMILES string of the molecule is O=S(=O)(NCc1ccc(-n2ccnc2)c(F)c1)c1c(Cl)cc(Cl)cc1Cl. The maximum absolute atomic E-state index is 14.2. The fraction of sp³-hybridized carbons (Fsp3) is 0.0625. The lowest BCUT2D eigenvalue weighted by Crippen LogP contribution is -2.24. The topological polar surface area (TPSA) is 64.0 Å². The number of sulfonamides is 1. The molecule has 0 saturated carbocycles. The van der Waals surface area contributed by atoms with E-state index in [0.717, 1.165) is 0 Å². The molecule has 0 atom stereocenters. The van der Waals surface area contributed by atoms with Gasteiger partial charge in [-0.3, -0.25) is 0 Å². The van der Waals surface area contributed by atoms with Crippen LogP contribution in [0, 0.1) is 5.82 Å². The number of hydrogen-bond donors (Lipinski definition) is 1. The normalized spacial score (nSPS) is 11.7. The van der Waals surface area contributed by atoms with Crippen LogP contribution in [0.15, 0.2) is 53.9 Å². The molecule has 3 aromatic rings. The van der Waals surface area contributed by atoms with Crippen molar-refractivity contribution in [3.8, 4) is 5.69 Å². The molecular formula is C16H11Cl3FN3O2S. The second-order valence-corrected chi connectivity index (χ2v) is 8.23.